The monoisotopic (exact) mass is 251 g/mol. The molecule has 1 rings (SSSR count). The van der Waals surface area contributed by atoms with Gasteiger partial charge in [0.1, 0.15) is 5.75 Å². The number of benzene rings is 1. The SMILES string of the molecule is CCCN(CC)CCNc1cc(N)cc(OC)c1. The van der Waals surface area contributed by atoms with E-state index in [-0.39, 0.29) is 0 Å². The number of nitrogens with one attached hydrogen (secondary N) is 1. The molecule has 0 aliphatic carbocycles. The van der Waals surface area contributed by atoms with E-state index in [0.29, 0.717) is 0 Å². The highest BCUT2D eigenvalue weighted by atomic mass is 16.5. The summed E-state index contributed by atoms with van der Waals surface area (Å²) in [6, 6.07) is 5.71. The normalized spacial score (nSPS) is 10.7. The maximum absolute atomic E-state index is 5.81. The van der Waals surface area contributed by atoms with E-state index < -0.39 is 0 Å². The fourth-order valence-electron chi connectivity index (χ4n) is 1.94. The summed E-state index contributed by atoms with van der Waals surface area (Å²) in [7, 11) is 1.65. The van der Waals surface area contributed by atoms with Crippen LogP contribution in [-0.2, 0) is 0 Å². The first kappa shape index (κ1) is 14.6. The minimum Gasteiger partial charge on any atom is -0.497 e. The molecule has 4 nitrogen and oxygen atoms in total. The minimum absolute atomic E-state index is 0.720. The van der Waals surface area contributed by atoms with Crippen LogP contribution in [0.3, 0.4) is 0 Å². The van der Waals surface area contributed by atoms with E-state index in [1.807, 2.05) is 18.2 Å². The Morgan fingerprint density at radius 3 is 2.61 bits per heavy atom. The third kappa shape index (κ3) is 4.84. The van der Waals surface area contributed by atoms with Crippen LogP contribution < -0.4 is 15.8 Å². The van der Waals surface area contributed by atoms with Crippen molar-refractivity contribution in [1.29, 1.82) is 0 Å². The van der Waals surface area contributed by atoms with E-state index in [4.69, 9.17) is 10.5 Å². The summed E-state index contributed by atoms with van der Waals surface area (Å²) in [5.74, 6) is 0.790. The van der Waals surface area contributed by atoms with Gasteiger partial charge in [-0.15, -0.1) is 0 Å². The number of ether oxygens (including phenoxy) is 1. The smallest absolute Gasteiger partial charge is 0.122 e. The average Bonchev–Trinajstić information content (AvgIpc) is 2.37. The van der Waals surface area contributed by atoms with E-state index in [1.54, 1.807) is 7.11 Å². The molecule has 4 heteroatoms. The minimum atomic E-state index is 0.720. The third-order valence-electron chi connectivity index (χ3n) is 2.91. The van der Waals surface area contributed by atoms with Gasteiger partial charge in [-0.05, 0) is 25.6 Å². The number of nitrogen functional groups attached to an aromatic ring is 1. The molecule has 0 spiro atoms. The van der Waals surface area contributed by atoms with Crippen LogP contribution in [0.1, 0.15) is 20.3 Å². The highest BCUT2D eigenvalue weighted by molar-refractivity contribution is 5.59. The lowest BCUT2D eigenvalue weighted by Crippen LogP contribution is -2.29. The van der Waals surface area contributed by atoms with Crippen LogP contribution >= 0.6 is 0 Å². The first-order chi connectivity index (χ1) is 8.69. The molecule has 0 saturated heterocycles. The van der Waals surface area contributed by atoms with Crippen molar-refractivity contribution in [2.24, 2.45) is 0 Å². The predicted molar refractivity (Wildman–Crippen MR) is 78.3 cm³/mol. The molecular formula is C14H25N3O. The largest absolute Gasteiger partial charge is 0.497 e. The number of nitrogens with zero attached hydrogens (tertiary/aromatic N) is 1. The second-order valence-corrected chi connectivity index (χ2v) is 4.36. The van der Waals surface area contributed by atoms with Crippen molar-refractivity contribution in [3.8, 4) is 5.75 Å². The van der Waals surface area contributed by atoms with Crippen molar-refractivity contribution in [3.05, 3.63) is 18.2 Å². The van der Waals surface area contributed by atoms with Crippen LogP contribution in [0, 0.1) is 0 Å². The summed E-state index contributed by atoms with van der Waals surface area (Å²) >= 11 is 0. The fourth-order valence-corrected chi connectivity index (χ4v) is 1.94. The molecule has 18 heavy (non-hydrogen) atoms. The van der Waals surface area contributed by atoms with Crippen molar-refractivity contribution >= 4 is 11.4 Å². The summed E-state index contributed by atoms with van der Waals surface area (Å²) in [5.41, 5.74) is 7.54. The van der Waals surface area contributed by atoms with Crippen molar-refractivity contribution in [1.82, 2.24) is 4.90 Å². The van der Waals surface area contributed by atoms with Crippen molar-refractivity contribution in [3.63, 3.8) is 0 Å². The number of nitrogens with two attached hydrogens (primary N) is 1. The number of hydrogen-bond acceptors (Lipinski definition) is 4. The molecule has 1 aromatic carbocycles. The standard InChI is InChI=1S/C14H25N3O/c1-4-7-17(5-2)8-6-16-13-9-12(15)10-14(11-13)18-3/h9-11,16H,4-8,15H2,1-3H3. The Hall–Kier alpha value is -1.42. The lowest BCUT2D eigenvalue weighted by Gasteiger charge is -2.20. The molecule has 0 atom stereocenters. The second kappa shape index (κ2) is 7.82. The van der Waals surface area contributed by atoms with E-state index >= 15 is 0 Å². The highest BCUT2D eigenvalue weighted by Gasteiger charge is 2.02. The molecule has 0 unspecified atom stereocenters. The maximum Gasteiger partial charge on any atom is 0.122 e. The lowest BCUT2D eigenvalue weighted by molar-refractivity contribution is 0.300. The van der Waals surface area contributed by atoms with Gasteiger partial charge >= 0.3 is 0 Å². The lowest BCUT2D eigenvalue weighted by atomic mass is 10.2. The number of likely N-dealkylation sites (N-methyl/N-ethyl adjacent to an activating group) is 1. The topological polar surface area (TPSA) is 50.5 Å². The zero-order chi connectivity index (χ0) is 13.4. The summed E-state index contributed by atoms with van der Waals surface area (Å²) in [6.45, 7) is 8.61. The zero-order valence-corrected chi connectivity index (χ0v) is 11.7. The molecule has 0 heterocycles. The summed E-state index contributed by atoms with van der Waals surface area (Å²) in [5, 5.41) is 3.38. The Bertz CT molecular complexity index is 355. The molecule has 0 fully saturated rings. The van der Waals surface area contributed by atoms with Gasteiger partial charge in [-0.3, -0.25) is 0 Å². The van der Waals surface area contributed by atoms with Crippen LogP contribution in [0.25, 0.3) is 0 Å². The van der Waals surface area contributed by atoms with Gasteiger partial charge in [0.25, 0.3) is 0 Å². The van der Waals surface area contributed by atoms with Crippen molar-refractivity contribution in [2.75, 3.05) is 44.3 Å². The van der Waals surface area contributed by atoms with Crippen LogP contribution in [-0.4, -0.2) is 38.2 Å². The fraction of sp³-hybridized carbons (Fsp3) is 0.571. The Labute approximate surface area is 110 Å². The van der Waals surface area contributed by atoms with Crippen LogP contribution in [0.2, 0.25) is 0 Å². The Morgan fingerprint density at radius 2 is 2.00 bits per heavy atom. The van der Waals surface area contributed by atoms with Gasteiger partial charge in [0.05, 0.1) is 7.11 Å². The van der Waals surface area contributed by atoms with E-state index in [2.05, 4.69) is 24.1 Å². The van der Waals surface area contributed by atoms with Gasteiger partial charge in [0.15, 0.2) is 0 Å². The first-order valence-electron chi connectivity index (χ1n) is 6.60. The first-order valence-corrected chi connectivity index (χ1v) is 6.60. The van der Waals surface area contributed by atoms with E-state index in [1.165, 1.54) is 6.42 Å². The molecule has 1 aromatic rings. The predicted octanol–water partition coefficient (Wildman–Crippen LogP) is 2.42. The molecule has 0 aromatic heterocycles. The maximum atomic E-state index is 5.81. The third-order valence-corrected chi connectivity index (χ3v) is 2.91. The molecule has 3 N–H and O–H groups in total. The van der Waals surface area contributed by atoms with Gasteiger partial charge in [-0.2, -0.15) is 0 Å². The van der Waals surface area contributed by atoms with Crippen molar-refractivity contribution in [2.45, 2.75) is 20.3 Å². The Morgan fingerprint density at radius 1 is 1.22 bits per heavy atom. The second-order valence-electron chi connectivity index (χ2n) is 4.36. The average molecular weight is 251 g/mol. The molecule has 0 saturated carbocycles. The molecule has 0 bridgehead atoms. The van der Waals surface area contributed by atoms with Crippen molar-refractivity contribution < 1.29 is 4.74 Å². The van der Waals surface area contributed by atoms with Crippen LogP contribution in [0.5, 0.6) is 5.75 Å². The molecule has 0 aliphatic rings. The van der Waals surface area contributed by atoms with Gasteiger partial charge in [-0.1, -0.05) is 13.8 Å². The van der Waals surface area contributed by atoms with Gasteiger partial charge in [0.2, 0.25) is 0 Å². The van der Waals surface area contributed by atoms with Gasteiger partial charge < -0.3 is 20.7 Å². The molecular weight excluding hydrogens is 226 g/mol. The van der Waals surface area contributed by atoms with E-state index in [9.17, 15) is 0 Å². The highest BCUT2D eigenvalue weighted by Crippen LogP contribution is 2.21. The Balaban J connectivity index is 2.45. The molecule has 102 valence electrons. The van der Waals surface area contributed by atoms with E-state index in [0.717, 1.165) is 43.3 Å². The van der Waals surface area contributed by atoms with Crippen LogP contribution in [0.4, 0.5) is 11.4 Å². The molecule has 0 radical (unpaired) electrons. The molecule has 0 amide bonds. The summed E-state index contributed by atoms with van der Waals surface area (Å²) in [6.07, 6.45) is 1.19. The number of hydrogen-bond donors (Lipinski definition) is 2. The summed E-state index contributed by atoms with van der Waals surface area (Å²) in [4.78, 5) is 2.43. The quantitative estimate of drug-likeness (QED) is 0.697. The van der Waals surface area contributed by atoms with Gasteiger partial charge in [0, 0.05) is 36.6 Å². The Kier molecular flexibility index (Phi) is 6.36. The zero-order valence-electron chi connectivity index (χ0n) is 11.7. The van der Waals surface area contributed by atoms with Crippen LogP contribution in [0.15, 0.2) is 18.2 Å². The number of rotatable bonds is 8. The molecule has 0 aliphatic heterocycles. The van der Waals surface area contributed by atoms with Gasteiger partial charge in [-0.25, -0.2) is 0 Å². The number of methoxy groups -OCH3 is 1. The number of anilines is 2. The summed E-state index contributed by atoms with van der Waals surface area (Å²) < 4.78 is 5.19.